The van der Waals surface area contributed by atoms with Crippen LogP contribution in [-0.2, 0) is 9.47 Å². The van der Waals surface area contributed by atoms with Crippen LogP contribution in [0, 0.1) is 5.41 Å². The molecule has 0 amide bonds. The van der Waals surface area contributed by atoms with Gasteiger partial charge in [0.2, 0.25) is 0 Å². The highest BCUT2D eigenvalue weighted by molar-refractivity contribution is 4.94. The highest BCUT2D eigenvalue weighted by Crippen LogP contribution is 2.48. The summed E-state index contributed by atoms with van der Waals surface area (Å²) in [6.07, 6.45) is 5.03. The van der Waals surface area contributed by atoms with Crippen LogP contribution in [0.5, 0.6) is 0 Å². The third kappa shape index (κ3) is 5.50. The predicted octanol–water partition coefficient (Wildman–Crippen LogP) is 1.82. The summed E-state index contributed by atoms with van der Waals surface area (Å²) in [7, 11) is 1.78. The summed E-state index contributed by atoms with van der Waals surface area (Å²) in [5, 5.41) is 3.48. The summed E-state index contributed by atoms with van der Waals surface area (Å²) in [4.78, 5) is 0. The van der Waals surface area contributed by atoms with Gasteiger partial charge in [0.05, 0.1) is 6.61 Å². The summed E-state index contributed by atoms with van der Waals surface area (Å²) in [6, 6.07) is 0. The van der Waals surface area contributed by atoms with Crippen LogP contribution in [-0.4, -0.2) is 40.0 Å². The monoisotopic (exact) mass is 215 g/mol. The van der Waals surface area contributed by atoms with Gasteiger partial charge in [0.25, 0.3) is 0 Å². The lowest BCUT2D eigenvalue weighted by Gasteiger charge is -2.15. The molecule has 1 rings (SSSR count). The van der Waals surface area contributed by atoms with Crippen molar-refractivity contribution in [2.45, 2.75) is 32.6 Å². The van der Waals surface area contributed by atoms with E-state index in [0.29, 0.717) is 5.41 Å². The third-order valence-electron chi connectivity index (χ3n) is 3.07. The van der Waals surface area contributed by atoms with Crippen molar-refractivity contribution in [3.63, 3.8) is 0 Å². The van der Waals surface area contributed by atoms with Gasteiger partial charge in [-0.2, -0.15) is 0 Å². The minimum atomic E-state index is 0.556. The number of rotatable bonds is 10. The van der Waals surface area contributed by atoms with E-state index in [-0.39, 0.29) is 0 Å². The Bertz CT molecular complexity index is 158. The first kappa shape index (κ1) is 12.9. The van der Waals surface area contributed by atoms with Crippen molar-refractivity contribution in [3.8, 4) is 0 Å². The first-order valence-corrected chi connectivity index (χ1v) is 6.10. The van der Waals surface area contributed by atoms with Crippen molar-refractivity contribution in [2.24, 2.45) is 5.41 Å². The lowest BCUT2D eigenvalue weighted by molar-refractivity contribution is 0.133. The molecule has 0 aromatic heterocycles. The molecule has 0 heterocycles. The molecule has 0 aromatic carbocycles. The highest BCUT2D eigenvalue weighted by atomic mass is 16.5. The lowest BCUT2D eigenvalue weighted by Crippen LogP contribution is -2.28. The molecule has 0 aliphatic heterocycles. The Balaban J connectivity index is 1.90. The van der Waals surface area contributed by atoms with Crippen molar-refractivity contribution in [3.05, 3.63) is 0 Å². The van der Waals surface area contributed by atoms with Gasteiger partial charge >= 0.3 is 0 Å². The Kier molecular flexibility index (Phi) is 6.22. The Hall–Kier alpha value is -0.120. The smallest absolute Gasteiger partial charge is 0.0590 e. The minimum Gasteiger partial charge on any atom is -0.385 e. The molecule has 0 bridgehead atoms. The van der Waals surface area contributed by atoms with Crippen molar-refractivity contribution in [1.82, 2.24) is 5.32 Å². The molecule has 0 unspecified atom stereocenters. The second kappa shape index (κ2) is 7.20. The van der Waals surface area contributed by atoms with Gasteiger partial charge in [0.1, 0.15) is 0 Å². The molecular weight excluding hydrogens is 190 g/mol. The topological polar surface area (TPSA) is 30.5 Å². The SMILES string of the molecule is CCCOCCNCC1(CCOC)CC1. The number of nitrogens with one attached hydrogen (secondary N) is 1. The fourth-order valence-electron chi connectivity index (χ4n) is 1.75. The fourth-order valence-corrected chi connectivity index (χ4v) is 1.75. The molecule has 3 heteroatoms. The van der Waals surface area contributed by atoms with E-state index in [4.69, 9.17) is 9.47 Å². The maximum atomic E-state index is 5.41. The van der Waals surface area contributed by atoms with E-state index in [1.165, 1.54) is 19.3 Å². The zero-order valence-electron chi connectivity index (χ0n) is 10.2. The highest BCUT2D eigenvalue weighted by Gasteiger charge is 2.41. The molecular formula is C12H25NO2. The zero-order chi connectivity index (χ0) is 11.0. The third-order valence-corrected chi connectivity index (χ3v) is 3.07. The molecule has 0 radical (unpaired) electrons. The quantitative estimate of drug-likeness (QED) is 0.564. The van der Waals surface area contributed by atoms with E-state index in [2.05, 4.69) is 12.2 Å². The molecule has 1 N–H and O–H groups in total. The van der Waals surface area contributed by atoms with Gasteiger partial charge in [0, 0.05) is 33.4 Å². The average Bonchev–Trinajstić information content (AvgIpc) is 3.01. The number of hydrogen-bond donors (Lipinski definition) is 1. The van der Waals surface area contributed by atoms with Gasteiger partial charge in [-0.1, -0.05) is 6.92 Å². The van der Waals surface area contributed by atoms with Gasteiger partial charge < -0.3 is 14.8 Å². The predicted molar refractivity (Wildman–Crippen MR) is 62.1 cm³/mol. The molecule has 1 fully saturated rings. The summed E-state index contributed by atoms with van der Waals surface area (Å²) >= 11 is 0. The molecule has 0 spiro atoms. The summed E-state index contributed by atoms with van der Waals surface area (Å²) in [6.45, 7) is 6.87. The van der Waals surface area contributed by atoms with Gasteiger partial charge in [-0.25, -0.2) is 0 Å². The van der Waals surface area contributed by atoms with E-state index in [0.717, 1.165) is 39.3 Å². The first-order chi connectivity index (χ1) is 7.33. The van der Waals surface area contributed by atoms with Crippen LogP contribution in [0.15, 0.2) is 0 Å². The normalized spacial score (nSPS) is 18.0. The van der Waals surface area contributed by atoms with E-state index in [9.17, 15) is 0 Å². The lowest BCUT2D eigenvalue weighted by atomic mass is 10.0. The standard InChI is InChI=1S/C12H25NO2/c1-3-8-15-10-7-13-11-12(4-5-12)6-9-14-2/h13H,3-11H2,1-2H3. The maximum Gasteiger partial charge on any atom is 0.0590 e. The van der Waals surface area contributed by atoms with Crippen LogP contribution >= 0.6 is 0 Å². The summed E-state index contributed by atoms with van der Waals surface area (Å²) < 4.78 is 10.5. The van der Waals surface area contributed by atoms with E-state index < -0.39 is 0 Å². The zero-order valence-corrected chi connectivity index (χ0v) is 10.2. The Labute approximate surface area is 93.5 Å². The second-order valence-corrected chi connectivity index (χ2v) is 4.53. The molecule has 0 saturated heterocycles. The van der Waals surface area contributed by atoms with Gasteiger partial charge in [-0.3, -0.25) is 0 Å². The maximum absolute atomic E-state index is 5.41. The molecule has 1 saturated carbocycles. The molecule has 0 aromatic rings. The van der Waals surface area contributed by atoms with E-state index in [1.54, 1.807) is 7.11 Å². The fraction of sp³-hybridized carbons (Fsp3) is 1.00. The van der Waals surface area contributed by atoms with Crippen LogP contribution < -0.4 is 5.32 Å². The number of hydrogen-bond acceptors (Lipinski definition) is 3. The van der Waals surface area contributed by atoms with Crippen molar-refractivity contribution >= 4 is 0 Å². The van der Waals surface area contributed by atoms with Crippen molar-refractivity contribution in [2.75, 3.05) is 40.0 Å². The Morgan fingerprint density at radius 2 is 2.00 bits per heavy atom. The van der Waals surface area contributed by atoms with Crippen LogP contribution in [0.25, 0.3) is 0 Å². The molecule has 1 aliphatic rings. The molecule has 1 aliphatic carbocycles. The van der Waals surface area contributed by atoms with Gasteiger partial charge in [0.15, 0.2) is 0 Å². The summed E-state index contributed by atoms with van der Waals surface area (Å²) in [5.41, 5.74) is 0.556. The number of ether oxygens (including phenoxy) is 2. The Morgan fingerprint density at radius 3 is 2.60 bits per heavy atom. The van der Waals surface area contributed by atoms with Gasteiger partial charge in [-0.15, -0.1) is 0 Å². The van der Waals surface area contributed by atoms with Crippen LogP contribution in [0.1, 0.15) is 32.6 Å². The van der Waals surface area contributed by atoms with E-state index in [1.807, 2.05) is 0 Å². The van der Waals surface area contributed by atoms with Crippen LogP contribution in [0.3, 0.4) is 0 Å². The van der Waals surface area contributed by atoms with Crippen LogP contribution in [0.2, 0.25) is 0 Å². The first-order valence-electron chi connectivity index (χ1n) is 6.10. The van der Waals surface area contributed by atoms with Gasteiger partial charge in [-0.05, 0) is 31.1 Å². The Morgan fingerprint density at radius 1 is 1.20 bits per heavy atom. The molecule has 90 valence electrons. The largest absolute Gasteiger partial charge is 0.385 e. The molecule has 0 atom stereocenters. The van der Waals surface area contributed by atoms with Crippen molar-refractivity contribution in [1.29, 1.82) is 0 Å². The number of methoxy groups -OCH3 is 1. The minimum absolute atomic E-state index is 0.556. The van der Waals surface area contributed by atoms with Crippen molar-refractivity contribution < 1.29 is 9.47 Å². The molecule has 3 nitrogen and oxygen atoms in total. The second-order valence-electron chi connectivity index (χ2n) is 4.53. The average molecular weight is 215 g/mol. The summed E-state index contributed by atoms with van der Waals surface area (Å²) in [5.74, 6) is 0. The molecule has 15 heavy (non-hydrogen) atoms. The van der Waals surface area contributed by atoms with Crippen LogP contribution in [0.4, 0.5) is 0 Å². The van der Waals surface area contributed by atoms with E-state index >= 15 is 0 Å².